The van der Waals surface area contributed by atoms with E-state index in [4.69, 9.17) is 10.5 Å². The molecule has 1 aromatic rings. The van der Waals surface area contributed by atoms with E-state index >= 15 is 0 Å². The lowest BCUT2D eigenvalue weighted by Gasteiger charge is -2.36. The maximum Gasteiger partial charge on any atom is 0.260 e. The Morgan fingerprint density at radius 3 is 2.68 bits per heavy atom. The highest BCUT2D eigenvalue weighted by Gasteiger charge is 2.26. The first-order valence-electron chi connectivity index (χ1n) is 6.84. The number of rotatable bonds is 3. The normalized spacial score (nSPS) is 23.2. The molecule has 1 aliphatic rings. The van der Waals surface area contributed by atoms with Gasteiger partial charge in [-0.05, 0) is 49.9 Å². The van der Waals surface area contributed by atoms with Crippen LogP contribution in [-0.4, -0.2) is 30.0 Å². The van der Waals surface area contributed by atoms with Crippen LogP contribution in [0.1, 0.15) is 26.7 Å². The second-order valence-corrected chi connectivity index (χ2v) is 5.42. The number of hydrogen-bond donors (Lipinski definition) is 1. The molecule has 0 bridgehead atoms. The highest BCUT2D eigenvalue weighted by atomic mass is 16.5. The predicted octanol–water partition coefficient (Wildman–Crippen LogP) is 2.29. The maximum absolute atomic E-state index is 12.1. The van der Waals surface area contributed by atoms with E-state index in [1.165, 1.54) is 0 Å². The fraction of sp³-hybridized carbons (Fsp3) is 0.533. The molecule has 2 atom stereocenters. The van der Waals surface area contributed by atoms with Crippen LogP contribution in [0.25, 0.3) is 0 Å². The third-order valence-corrected chi connectivity index (χ3v) is 3.70. The smallest absolute Gasteiger partial charge is 0.260 e. The summed E-state index contributed by atoms with van der Waals surface area (Å²) in [4.78, 5) is 14.1. The van der Waals surface area contributed by atoms with Crippen molar-refractivity contribution in [1.82, 2.24) is 4.90 Å². The average molecular weight is 262 g/mol. The minimum atomic E-state index is 0.0659. The molecule has 0 spiro atoms. The van der Waals surface area contributed by atoms with Crippen LogP contribution in [0.5, 0.6) is 5.75 Å². The van der Waals surface area contributed by atoms with E-state index in [2.05, 4.69) is 13.8 Å². The first-order chi connectivity index (χ1) is 9.06. The predicted molar refractivity (Wildman–Crippen MR) is 75.9 cm³/mol. The molecule has 2 unspecified atom stereocenters. The van der Waals surface area contributed by atoms with Gasteiger partial charge in [-0.1, -0.05) is 6.92 Å². The Bertz CT molecular complexity index is 430. The average Bonchev–Trinajstić information content (AvgIpc) is 2.37. The highest BCUT2D eigenvalue weighted by Crippen LogP contribution is 2.22. The summed E-state index contributed by atoms with van der Waals surface area (Å²) in [5.74, 6) is 1.45. The van der Waals surface area contributed by atoms with Crippen LogP contribution >= 0.6 is 0 Å². The molecule has 0 radical (unpaired) electrons. The van der Waals surface area contributed by atoms with Gasteiger partial charge in [0.25, 0.3) is 5.91 Å². The van der Waals surface area contributed by atoms with Crippen LogP contribution in [0.15, 0.2) is 24.3 Å². The molecule has 0 saturated carbocycles. The molecular weight excluding hydrogens is 240 g/mol. The molecule has 0 aromatic heterocycles. The molecule has 0 aliphatic carbocycles. The van der Waals surface area contributed by atoms with Gasteiger partial charge in [0.2, 0.25) is 0 Å². The number of carbonyl (C=O) groups is 1. The van der Waals surface area contributed by atoms with Crippen molar-refractivity contribution in [1.29, 1.82) is 0 Å². The number of ether oxygens (including phenoxy) is 1. The van der Waals surface area contributed by atoms with Crippen LogP contribution in [0.4, 0.5) is 5.69 Å². The fourth-order valence-electron chi connectivity index (χ4n) is 2.57. The summed E-state index contributed by atoms with van der Waals surface area (Å²) in [7, 11) is 0. The Morgan fingerprint density at radius 2 is 2.05 bits per heavy atom. The zero-order valence-electron chi connectivity index (χ0n) is 11.6. The van der Waals surface area contributed by atoms with E-state index in [0.29, 0.717) is 23.4 Å². The highest BCUT2D eigenvalue weighted by molar-refractivity contribution is 5.78. The molecule has 2 rings (SSSR count). The zero-order chi connectivity index (χ0) is 13.8. The second kappa shape index (κ2) is 5.95. The van der Waals surface area contributed by atoms with E-state index in [-0.39, 0.29) is 12.5 Å². The van der Waals surface area contributed by atoms with Gasteiger partial charge in [-0.3, -0.25) is 4.79 Å². The zero-order valence-corrected chi connectivity index (χ0v) is 11.6. The molecular formula is C15H22N2O2. The van der Waals surface area contributed by atoms with E-state index in [9.17, 15) is 4.79 Å². The molecule has 1 aromatic carbocycles. The van der Waals surface area contributed by atoms with Crippen molar-refractivity contribution < 1.29 is 9.53 Å². The molecule has 104 valence electrons. The van der Waals surface area contributed by atoms with E-state index in [1.807, 2.05) is 4.90 Å². The molecule has 1 amide bonds. The van der Waals surface area contributed by atoms with Crippen LogP contribution in [-0.2, 0) is 4.79 Å². The maximum atomic E-state index is 12.1. The molecule has 4 nitrogen and oxygen atoms in total. The standard InChI is InChI=1S/C15H22N2O2/c1-11-7-8-17(12(2)9-11)15(18)10-19-14-5-3-13(16)4-6-14/h3-6,11-12H,7-10,16H2,1-2H3. The minimum Gasteiger partial charge on any atom is -0.484 e. The third kappa shape index (κ3) is 3.63. The topological polar surface area (TPSA) is 55.6 Å². The lowest BCUT2D eigenvalue weighted by molar-refractivity contribution is -0.137. The van der Waals surface area contributed by atoms with Crippen LogP contribution in [0, 0.1) is 5.92 Å². The molecule has 1 saturated heterocycles. The summed E-state index contributed by atoms with van der Waals surface area (Å²) in [6.45, 7) is 5.29. The molecule has 4 heteroatoms. The summed E-state index contributed by atoms with van der Waals surface area (Å²) in [6, 6.07) is 7.41. The monoisotopic (exact) mass is 262 g/mol. The Hall–Kier alpha value is -1.71. The van der Waals surface area contributed by atoms with Crippen molar-refractivity contribution in [2.45, 2.75) is 32.7 Å². The third-order valence-electron chi connectivity index (χ3n) is 3.70. The van der Waals surface area contributed by atoms with Crippen molar-refractivity contribution in [3.63, 3.8) is 0 Å². The Morgan fingerprint density at radius 1 is 1.37 bits per heavy atom. The Labute approximate surface area is 114 Å². The number of piperidine rings is 1. The van der Waals surface area contributed by atoms with Gasteiger partial charge in [0.1, 0.15) is 5.75 Å². The molecule has 1 fully saturated rings. The van der Waals surface area contributed by atoms with Gasteiger partial charge in [-0.2, -0.15) is 0 Å². The lowest BCUT2D eigenvalue weighted by Crippen LogP contribution is -2.46. The van der Waals surface area contributed by atoms with Gasteiger partial charge in [0.05, 0.1) is 0 Å². The number of likely N-dealkylation sites (tertiary alicyclic amines) is 1. The lowest BCUT2D eigenvalue weighted by atomic mass is 9.93. The largest absolute Gasteiger partial charge is 0.484 e. The number of nitrogens with zero attached hydrogens (tertiary/aromatic N) is 1. The molecule has 2 N–H and O–H groups in total. The van der Waals surface area contributed by atoms with Gasteiger partial charge in [0, 0.05) is 18.3 Å². The van der Waals surface area contributed by atoms with Crippen molar-refractivity contribution in [2.75, 3.05) is 18.9 Å². The first kappa shape index (κ1) is 13.7. The van der Waals surface area contributed by atoms with Crippen LogP contribution in [0.2, 0.25) is 0 Å². The summed E-state index contributed by atoms with van der Waals surface area (Å²) in [5, 5.41) is 0. The molecule has 19 heavy (non-hydrogen) atoms. The molecule has 1 heterocycles. The Kier molecular flexibility index (Phi) is 4.30. The molecule has 1 aliphatic heterocycles. The van der Waals surface area contributed by atoms with E-state index < -0.39 is 0 Å². The van der Waals surface area contributed by atoms with Gasteiger partial charge in [-0.15, -0.1) is 0 Å². The van der Waals surface area contributed by atoms with Gasteiger partial charge < -0.3 is 15.4 Å². The SMILES string of the molecule is CC1CCN(C(=O)COc2ccc(N)cc2)C(C)C1. The first-order valence-corrected chi connectivity index (χ1v) is 6.84. The summed E-state index contributed by atoms with van der Waals surface area (Å²) >= 11 is 0. The fourth-order valence-corrected chi connectivity index (χ4v) is 2.57. The van der Waals surface area contributed by atoms with Crippen LogP contribution < -0.4 is 10.5 Å². The number of nitrogen functional groups attached to an aromatic ring is 1. The summed E-state index contributed by atoms with van der Waals surface area (Å²) in [6.07, 6.45) is 2.16. The summed E-state index contributed by atoms with van der Waals surface area (Å²) in [5.41, 5.74) is 6.29. The van der Waals surface area contributed by atoms with Gasteiger partial charge >= 0.3 is 0 Å². The van der Waals surface area contributed by atoms with E-state index in [0.717, 1.165) is 19.4 Å². The number of carbonyl (C=O) groups excluding carboxylic acids is 1. The van der Waals surface area contributed by atoms with Crippen molar-refractivity contribution in [3.8, 4) is 5.75 Å². The van der Waals surface area contributed by atoms with Crippen molar-refractivity contribution in [3.05, 3.63) is 24.3 Å². The van der Waals surface area contributed by atoms with Crippen LogP contribution in [0.3, 0.4) is 0 Å². The van der Waals surface area contributed by atoms with Gasteiger partial charge in [0.15, 0.2) is 6.61 Å². The number of anilines is 1. The number of benzene rings is 1. The number of nitrogens with two attached hydrogens (primary N) is 1. The second-order valence-electron chi connectivity index (χ2n) is 5.42. The summed E-state index contributed by atoms with van der Waals surface area (Å²) < 4.78 is 5.50. The quantitative estimate of drug-likeness (QED) is 0.850. The number of amides is 1. The van der Waals surface area contributed by atoms with Gasteiger partial charge in [-0.25, -0.2) is 0 Å². The Balaban J connectivity index is 1.85. The minimum absolute atomic E-state index is 0.0659. The van der Waals surface area contributed by atoms with Crippen molar-refractivity contribution >= 4 is 11.6 Å². The van der Waals surface area contributed by atoms with Crippen molar-refractivity contribution in [2.24, 2.45) is 5.92 Å². The number of hydrogen-bond acceptors (Lipinski definition) is 3. The van der Waals surface area contributed by atoms with E-state index in [1.54, 1.807) is 24.3 Å².